The smallest absolute Gasteiger partial charge is 0.314 e. The zero-order valence-corrected chi connectivity index (χ0v) is 18.6. The number of nitrogens with zero attached hydrogens (tertiary/aromatic N) is 1. The third-order valence-corrected chi connectivity index (χ3v) is 5.76. The van der Waals surface area contributed by atoms with Crippen molar-refractivity contribution in [2.45, 2.75) is 25.3 Å². The van der Waals surface area contributed by atoms with E-state index in [0.29, 0.717) is 25.1 Å². The molecule has 0 bridgehead atoms. The van der Waals surface area contributed by atoms with Crippen LogP contribution in [0, 0.1) is 5.82 Å². The highest BCUT2D eigenvalue weighted by Crippen LogP contribution is 2.33. The van der Waals surface area contributed by atoms with Gasteiger partial charge in [-0.1, -0.05) is 66.7 Å². The van der Waals surface area contributed by atoms with Crippen molar-refractivity contribution in [3.63, 3.8) is 0 Å². The second-order valence-electron chi connectivity index (χ2n) is 8.18. The minimum absolute atomic E-state index is 0.118. The lowest BCUT2D eigenvalue weighted by Gasteiger charge is -2.26. The topological polar surface area (TPSA) is 75.7 Å². The molecule has 34 heavy (non-hydrogen) atoms. The summed E-state index contributed by atoms with van der Waals surface area (Å²) in [6.45, 7) is 0.413. The molecule has 0 radical (unpaired) electrons. The molecule has 4 rings (SSSR count). The van der Waals surface area contributed by atoms with Gasteiger partial charge in [0, 0.05) is 25.2 Å². The first-order valence-corrected chi connectivity index (χ1v) is 11.1. The third-order valence-electron chi connectivity index (χ3n) is 5.76. The SMILES string of the molecule is O=C1CC(C(=O)OCC(=O)N(CCc2ccccc2)Cc2ccccc2)c2ccc(F)cc2N1. The van der Waals surface area contributed by atoms with Crippen molar-refractivity contribution in [2.75, 3.05) is 18.5 Å². The Bertz CT molecular complexity index is 1170. The number of fused-ring (bicyclic) bond motifs is 1. The Hall–Kier alpha value is -4.00. The molecule has 7 heteroatoms. The molecule has 3 aromatic carbocycles. The van der Waals surface area contributed by atoms with Gasteiger partial charge in [-0.25, -0.2) is 4.39 Å². The van der Waals surface area contributed by atoms with E-state index < -0.39 is 30.2 Å². The number of esters is 1. The number of anilines is 1. The monoisotopic (exact) mass is 460 g/mol. The summed E-state index contributed by atoms with van der Waals surface area (Å²) in [6, 6.07) is 23.3. The average molecular weight is 461 g/mol. The Labute approximate surface area is 197 Å². The fourth-order valence-electron chi connectivity index (χ4n) is 3.98. The Balaban J connectivity index is 1.42. The van der Waals surface area contributed by atoms with Crippen molar-refractivity contribution >= 4 is 23.5 Å². The number of halogens is 1. The van der Waals surface area contributed by atoms with Gasteiger partial charge in [-0.15, -0.1) is 0 Å². The largest absolute Gasteiger partial charge is 0.455 e. The number of hydrogen-bond donors (Lipinski definition) is 1. The van der Waals surface area contributed by atoms with Crippen LogP contribution in [0.3, 0.4) is 0 Å². The van der Waals surface area contributed by atoms with Crippen LogP contribution in [-0.4, -0.2) is 35.8 Å². The van der Waals surface area contributed by atoms with E-state index in [1.807, 2.05) is 60.7 Å². The predicted molar refractivity (Wildman–Crippen MR) is 125 cm³/mol. The van der Waals surface area contributed by atoms with Crippen molar-refractivity contribution in [1.82, 2.24) is 4.90 Å². The van der Waals surface area contributed by atoms with Gasteiger partial charge in [-0.2, -0.15) is 0 Å². The first-order chi connectivity index (χ1) is 16.5. The molecule has 1 atom stereocenters. The van der Waals surface area contributed by atoms with Crippen LogP contribution >= 0.6 is 0 Å². The molecule has 0 saturated carbocycles. The van der Waals surface area contributed by atoms with Crippen LogP contribution in [0.2, 0.25) is 0 Å². The van der Waals surface area contributed by atoms with Crippen molar-refractivity contribution in [1.29, 1.82) is 0 Å². The summed E-state index contributed by atoms with van der Waals surface area (Å²) in [4.78, 5) is 39.5. The number of ether oxygens (including phenoxy) is 1. The number of amides is 2. The van der Waals surface area contributed by atoms with Crippen LogP contribution in [0.5, 0.6) is 0 Å². The standard InChI is InChI=1S/C27H25FN2O4/c28-21-11-12-22-23(16-25(31)29-24(22)15-21)27(33)34-18-26(32)30(17-20-9-5-2-6-10-20)14-13-19-7-3-1-4-8-19/h1-12,15,23H,13-14,16-18H2,(H,29,31). The molecule has 6 nitrogen and oxygen atoms in total. The molecule has 1 aliphatic rings. The van der Waals surface area contributed by atoms with E-state index in [-0.39, 0.29) is 18.0 Å². The zero-order chi connectivity index (χ0) is 23.9. The second-order valence-corrected chi connectivity index (χ2v) is 8.18. The Morgan fingerprint density at radius 3 is 2.35 bits per heavy atom. The van der Waals surface area contributed by atoms with Crippen molar-refractivity contribution in [3.8, 4) is 0 Å². The Morgan fingerprint density at radius 2 is 1.65 bits per heavy atom. The summed E-state index contributed by atoms with van der Waals surface area (Å²) in [5.41, 5.74) is 2.79. The number of hydrogen-bond acceptors (Lipinski definition) is 4. The summed E-state index contributed by atoms with van der Waals surface area (Å²) in [6.07, 6.45) is 0.544. The van der Waals surface area contributed by atoms with Gasteiger partial charge in [0.15, 0.2) is 6.61 Å². The maximum atomic E-state index is 13.5. The molecule has 0 fully saturated rings. The summed E-state index contributed by atoms with van der Waals surface area (Å²) in [5.74, 6) is -2.81. The third kappa shape index (κ3) is 5.86. The second kappa shape index (κ2) is 10.7. The molecular weight excluding hydrogens is 435 g/mol. The van der Waals surface area contributed by atoms with Crippen LogP contribution < -0.4 is 5.32 Å². The Kier molecular flexibility index (Phi) is 7.32. The highest BCUT2D eigenvalue weighted by atomic mass is 19.1. The van der Waals surface area contributed by atoms with Gasteiger partial charge in [-0.05, 0) is 35.2 Å². The lowest BCUT2D eigenvalue weighted by Crippen LogP contribution is -2.37. The van der Waals surface area contributed by atoms with Crippen LogP contribution in [0.1, 0.15) is 29.0 Å². The van der Waals surface area contributed by atoms with E-state index in [9.17, 15) is 18.8 Å². The van der Waals surface area contributed by atoms with Gasteiger partial charge in [-0.3, -0.25) is 14.4 Å². The number of carbonyl (C=O) groups excluding carboxylic acids is 3. The minimum atomic E-state index is -0.885. The highest BCUT2D eigenvalue weighted by Gasteiger charge is 2.32. The molecular formula is C27H25FN2O4. The van der Waals surface area contributed by atoms with Gasteiger partial charge in [0.2, 0.25) is 5.91 Å². The molecule has 1 heterocycles. The Morgan fingerprint density at radius 1 is 0.971 bits per heavy atom. The predicted octanol–water partition coefficient (Wildman–Crippen LogP) is 4.07. The summed E-state index contributed by atoms with van der Waals surface area (Å²) in [5, 5.41) is 2.57. The van der Waals surface area contributed by atoms with E-state index in [2.05, 4.69) is 5.32 Å². The van der Waals surface area contributed by atoms with Crippen LogP contribution in [0.15, 0.2) is 78.9 Å². The van der Waals surface area contributed by atoms with Crippen molar-refractivity contribution in [2.24, 2.45) is 0 Å². The maximum absolute atomic E-state index is 13.5. The van der Waals surface area contributed by atoms with Crippen molar-refractivity contribution in [3.05, 3.63) is 101 Å². The number of rotatable bonds is 8. The van der Waals surface area contributed by atoms with E-state index in [1.165, 1.54) is 18.2 Å². The first kappa shape index (κ1) is 23.2. The van der Waals surface area contributed by atoms with Crippen LogP contribution in [-0.2, 0) is 32.1 Å². The van der Waals surface area contributed by atoms with Crippen LogP contribution in [0.25, 0.3) is 0 Å². The fraction of sp³-hybridized carbons (Fsp3) is 0.222. The summed E-state index contributed by atoms with van der Waals surface area (Å²) in [7, 11) is 0. The summed E-state index contributed by atoms with van der Waals surface area (Å²) < 4.78 is 18.9. The van der Waals surface area contributed by atoms with E-state index in [4.69, 9.17) is 4.74 Å². The normalized spacial score (nSPS) is 14.6. The first-order valence-electron chi connectivity index (χ1n) is 11.1. The zero-order valence-electron chi connectivity index (χ0n) is 18.6. The number of benzene rings is 3. The molecule has 0 saturated heterocycles. The van der Waals surface area contributed by atoms with E-state index >= 15 is 0 Å². The molecule has 1 unspecified atom stereocenters. The quantitative estimate of drug-likeness (QED) is 0.515. The molecule has 1 aliphatic heterocycles. The molecule has 174 valence electrons. The average Bonchev–Trinajstić information content (AvgIpc) is 2.85. The lowest BCUT2D eigenvalue weighted by atomic mass is 9.90. The molecule has 1 N–H and O–H groups in total. The van der Waals surface area contributed by atoms with Gasteiger partial charge in [0.05, 0.1) is 5.92 Å². The highest BCUT2D eigenvalue weighted by molar-refractivity contribution is 6.00. The summed E-state index contributed by atoms with van der Waals surface area (Å²) >= 11 is 0. The van der Waals surface area contributed by atoms with Gasteiger partial charge in [0.1, 0.15) is 5.82 Å². The van der Waals surface area contributed by atoms with Gasteiger partial charge < -0.3 is 15.0 Å². The van der Waals surface area contributed by atoms with E-state index in [1.54, 1.807) is 4.90 Å². The molecule has 0 spiro atoms. The molecule has 2 amide bonds. The van der Waals surface area contributed by atoms with Crippen LogP contribution in [0.4, 0.5) is 10.1 Å². The number of carbonyl (C=O) groups is 3. The fourth-order valence-corrected chi connectivity index (χ4v) is 3.98. The molecule has 0 aromatic heterocycles. The van der Waals surface area contributed by atoms with Crippen molar-refractivity contribution < 1.29 is 23.5 Å². The molecule has 0 aliphatic carbocycles. The van der Waals surface area contributed by atoms with Gasteiger partial charge in [0.25, 0.3) is 5.91 Å². The van der Waals surface area contributed by atoms with Gasteiger partial charge >= 0.3 is 5.97 Å². The number of nitrogens with one attached hydrogen (secondary N) is 1. The maximum Gasteiger partial charge on any atom is 0.314 e. The minimum Gasteiger partial charge on any atom is -0.455 e. The molecule has 3 aromatic rings. The van der Waals surface area contributed by atoms with E-state index in [0.717, 1.165) is 11.1 Å². The lowest BCUT2D eigenvalue weighted by molar-refractivity contribution is -0.154.